The first-order chi connectivity index (χ1) is 8.77. The highest BCUT2D eigenvalue weighted by molar-refractivity contribution is 5.86. The molecule has 1 aliphatic rings. The molecule has 100 valence electrons. The van der Waals surface area contributed by atoms with Gasteiger partial charge in [0.05, 0.1) is 5.54 Å². The van der Waals surface area contributed by atoms with Crippen LogP contribution in [0.1, 0.15) is 38.4 Å². The van der Waals surface area contributed by atoms with E-state index in [0.29, 0.717) is 6.54 Å². The largest absolute Gasteiger partial charge is 0.354 e. The summed E-state index contributed by atoms with van der Waals surface area (Å²) in [4.78, 5) is 19.5. The maximum atomic E-state index is 12.3. The van der Waals surface area contributed by atoms with Gasteiger partial charge in [-0.25, -0.2) is 4.98 Å². The van der Waals surface area contributed by atoms with Gasteiger partial charge in [-0.15, -0.1) is 0 Å². The van der Waals surface area contributed by atoms with Crippen LogP contribution in [0.15, 0.2) is 12.4 Å². The Labute approximate surface area is 108 Å². The number of hydrogen-bond acceptors (Lipinski definition) is 3. The van der Waals surface area contributed by atoms with Crippen LogP contribution in [0, 0.1) is 0 Å². The summed E-state index contributed by atoms with van der Waals surface area (Å²) in [5, 5.41) is 6.41. The lowest BCUT2D eigenvalue weighted by molar-refractivity contribution is -0.127. The molecule has 5 heteroatoms. The zero-order chi connectivity index (χ0) is 12.8. The SMILES string of the molecule is CCCC1(C(=O)NCCc2ncc[nH]2)CCCN1. The van der Waals surface area contributed by atoms with Crippen molar-refractivity contribution in [2.45, 2.75) is 44.6 Å². The first-order valence-corrected chi connectivity index (χ1v) is 6.78. The number of rotatable bonds is 6. The molecule has 0 saturated carbocycles. The zero-order valence-electron chi connectivity index (χ0n) is 11.0. The summed E-state index contributed by atoms with van der Waals surface area (Å²) in [6.07, 6.45) is 8.26. The first-order valence-electron chi connectivity index (χ1n) is 6.78. The van der Waals surface area contributed by atoms with E-state index >= 15 is 0 Å². The van der Waals surface area contributed by atoms with Gasteiger partial charge in [-0.2, -0.15) is 0 Å². The molecule has 2 rings (SSSR count). The molecule has 1 aliphatic heterocycles. The third-order valence-electron chi connectivity index (χ3n) is 3.56. The molecule has 2 heterocycles. The van der Waals surface area contributed by atoms with Crippen molar-refractivity contribution >= 4 is 5.91 Å². The molecule has 18 heavy (non-hydrogen) atoms. The molecule has 1 aromatic heterocycles. The van der Waals surface area contributed by atoms with E-state index in [4.69, 9.17) is 0 Å². The molecule has 0 aromatic carbocycles. The van der Waals surface area contributed by atoms with Crippen LogP contribution < -0.4 is 10.6 Å². The van der Waals surface area contributed by atoms with Gasteiger partial charge in [0.1, 0.15) is 5.82 Å². The van der Waals surface area contributed by atoms with Crippen LogP contribution in [0.4, 0.5) is 0 Å². The Kier molecular flexibility index (Phi) is 4.36. The van der Waals surface area contributed by atoms with Gasteiger partial charge >= 0.3 is 0 Å². The quantitative estimate of drug-likeness (QED) is 0.705. The fourth-order valence-electron chi connectivity index (χ4n) is 2.65. The molecule has 1 unspecified atom stereocenters. The third kappa shape index (κ3) is 2.90. The normalized spacial score (nSPS) is 23.2. The summed E-state index contributed by atoms with van der Waals surface area (Å²) in [5.41, 5.74) is -0.322. The van der Waals surface area contributed by atoms with Gasteiger partial charge in [0.15, 0.2) is 0 Å². The Balaban J connectivity index is 1.82. The lowest BCUT2D eigenvalue weighted by atomic mass is 9.91. The standard InChI is InChI=1S/C13H22N4O/c1-2-5-13(6-3-7-17-13)12(18)16-8-4-11-14-9-10-15-11/h9-10,17H,2-8H2,1H3,(H,14,15)(H,16,18). The second kappa shape index (κ2) is 6.00. The van der Waals surface area contributed by atoms with Gasteiger partial charge in [-0.1, -0.05) is 13.3 Å². The number of carbonyl (C=O) groups is 1. The number of aromatic amines is 1. The van der Waals surface area contributed by atoms with Crippen molar-refractivity contribution in [3.63, 3.8) is 0 Å². The van der Waals surface area contributed by atoms with Crippen molar-refractivity contribution in [1.29, 1.82) is 0 Å². The molecule has 3 N–H and O–H groups in total. The first kappa shape index (κ1) is 13.1. The molecule has 0 spiro atoms. The van der Waals surface area contributed by atoms with Gasteiger partial charge in [-0.3, -0.25) is 4.79 Å². The van der Waals surface area contributed by atoms with Crippen molar-refractivity contribution in [3.05, 3.63) is 18.2 Å². The average Bonchev–Trinajstić information content (AvgIpc) is 3.01. The van der Waals surface area contributed by atoms with Crippen LogP contribution in [0.5, 0.6) is 0 Å². The predicted molar refractivity (Wildman–Crippen MR) is 70.2 cm³/mol. The Morgan fingerprint density at radius 1 is 1.61 bits per heavy atom. The minimum atomic E-state index is -0.322. The molecule has 5 nitrogen and oxygen atoms in total. The Morgan fingerprint density at radius 2 is 2.50 bits per heavy atom. The zero-order valence-corrected chi connectivity index (χ0v) is 11.0. The number of carbonyl (C=O) groups excluding carboxylic acids is 1. The summed E-state index contributed by atoms with van der Waals surface area (Å²) in [5.74, 6) is 1.06. The monoisotopic (exact) mass is 250 g/mol. The van der Waals surface area contributed by atoms with Crippen LogP contribution in [-0.4, -0.2) is 34.5 Å². The van der Waals surface area contributed by atoms with Crippen LogP contribution >= 0.6 is 0 Å². The molecule has 1 atom stereocenters. The fourth-order valence-corrected chi connectivity index (χ4v) is 2.65. The van der Waals surface area contributed by atoms with E-state index < -0.39 is 0 Å². The summed E-state index contributed by atoms with van der Waals surface area (Å²) in [6, 6.07) is 0. The summed E-state index contributed by atoms with van der Waals surface area (Å²) >= 11 is 0. The molecule has 1 aromatic rings. The van der Waals surface area contributed by atoms with Gasteiger partial charge in [0.2, 0.25) is 5.91 Å². The predicted octanol–water partition coefficient (Wildman–Crippen LogP) is 0.991. The second-order valence-corrected chi connectivity index (χ2v) is 4.90. The second-order valence-electron chi connectivity index (χ2n) is 4.90. The van der Waals surface area contributed by atoms with Crippen LogP contribution in [0.3, 0.4) is 0 Å². The number of aromatic nitrogens is 2. The molecule has 1 amide bonds. The molecule has 1 fully saturated rings. The number of nitrogens with zero attached hydrogens (tertiary/aromatic N) is 1. The third-order valence-corrected chi connectivity index (χ3v) is 3.56. The van der Waals surface area contributed by atoms with Crippen molar-refractivity contribution in [1.82, 2.24) is 20.6 Å². The van der Waals surface area contributed by atoms with Gasteiger partial charge in [0, 0.05) is 25.4 Å². The highest BCUT2D eigenvalue weighted by atomic mass is 16.2. The maximum absolute atomic E-state index is 12.3. The van der Waals surface area contributed by atoms with E-state index in [1.165, 1.54) is 0 Å². The molecular formula is C13H22N4O. The Morgan fingerprint density at radius 3 is 3.11 bits per heavy atom. The highest BCUT2D eigenvalue weighted by Crippen LogP contribution is 2.24. The number of imidazole rings is 1. The van der Waals surface area contributed by atoms with Crippen LogP contribution in [0.25, 0.3) is 0 Å². The van der Waals surface area contributed by atoms with Crippen molar-refractivity contribution in [2.24, 2.45) is 0 Å². The number of hydrogen-bond donors (Lipinski definition) is 3. The lowest BCUT2D eigenvalue weighted by Gasteiger charge is -2.27. The molecule has 0 aliphatic carbocycles. The molecule has 0 radical (unpaired) electrons. The molecular weight excluding hydrogens is 228 g/mol. The Bertz CT molecular complexity index is 368. The topological polar surface area (TPSA) is 69.8 Å². The highest BCUT2D eigenvalue weighted by Gasteiger charge is 2.39. The maximum Gasteiger partial charge on any atom is 0.240 e. The molecule has 1 saturated heterocycles. The van der Waals surface area contributed by atoms with E-state index in [1.54, 1.807) is 12.4 Å². The van der Waals surface area contributed by atoms with Crippen molar-refractivity contribution in [2.75, 3.05) is 13.1 Å². The van der Waals surface area contributed by atoms with Crippen molar-refractivity contribution < 1.29 is 4.79 Å². The number of H-pyrrole nitrogens is 1. The fraction of sp³-hybridized carbons (Fsp3) is 0.692. The van der Waals surface area contributed by atoms with E-state index in [9.17, 15) is 4.79 Å². The van der Waals surface area contributed by atoms with E-state index in [2.05, 4.69) is 27.5 Å². The number of nitrogens with one attached hydrogen (secondary N) is 3. The van der Waals surface area contributed by atoms with Gasteiger partial charge < -0.3 is 15.6 Å². The van der Waals surface area contributed by atoms with Gasteiger partial charge in [-0.05, 0) is 25.8 Å². The summed E-state index contributed by atoms with van der Waals surface area (Å²) in [7, 11) is 0. The smallest absolute Gasteiger partial charge is 0.240 e. The number of amides is 1. The van der Waals surface area contributed by atoms with E-state index in [0.717, 1.165) is 44.5 Å². The van der Waals surface area contributed by atoms with E-state index in [-0.39, 0.29) is 11.4 Å². The summed E-state index contributed by atoms with van der Waals surface area (Å²) < 4.78 is 0. The van der Waals surface area contributed by atoms with Crippen LogP contribution in [0.2, 0.25) is 0 Å². The summed E-state index contributed by atoms with van der Waals surface area (Å²) in [6.45, 7) is 3.71. The van der Waals surface area contributed by atoms with Crippen LogP contribution in [-0.2, 0) is 11.2 Å². The Hall–Kier alpha value is -1.36. The van der Waals surface area contributed by atoms with Gasteiger partial charge in [0.25, 0.3) is 0 Å². The minimum absolute atomic E-state index is 0.147. The van der Waals surface area contributed by atoms with E-state index in [1.807, 2.05) is 0 Å². The lowest BCUT2D eigenvalue weighted by Crippen LogP contribution is -2.53. The van der Waals surface area contributed by atoms with Crippen molar-refractivity contribution in [3.8, 4) is 0 Å². The average molecular weight is 250 g/mol. The minimum Gasteiger partial charge on any atom is -0.354 e. The molecule has 0 bridgehead atoms.